The van der Waals surface area contributed by atoms with Crippen molar-refractivity contribution in [2.75, 3.05) is 13.1 Å². The second-order valence-corrected chi connectivity index (χ2v) is 12.4. The van der Waals surface area contributed by atoms with Gasteiger partial charge in [-0.1, -0.05) is 32.9 Å². The van der Waals surface area contributed by atoms with Crippen LogP contribution in [0.3, 0.4) is 0 Å². The van der Waals surface area contributed by atoms with Crippen LogP contribution < -0.4 is 22.1 Å². The summed E-state index contributed by atoms with van der Waals surface area (Å²) in [6, 6.07) is 5.80. The number of carbonyl (C=O) groups is 2. The normalized spacial score (nSPS) is 13.3. The summed E-state index contributed by atoms with van der Waals surface area (Å²) in [5.41, 5.74) is 14.9. The fourth-order valence-electron chi connectivity index (χ4n) is 3.23. The van der Waals surface area contributed by atoms with Crippen LogP contribution in [0, 0.1) is 6.92 Å². The van der Waals surface area contributed by atoms with Crippen molar-refractivity contribution in [1.82, 2.24) is 15.6 Å². The van der Waals surface area contributed by atoms with Crippen molar-refractivity contribution in [2.24, 2.45) is 26.4 Å². The van der Waals surface area contributed by atoms with Gasteiger partial charge in [0, 0.05) is 42.8 Å². The quantitative estimate of drug-likeness (QED) is 0.170. The fourth-order valence-corrected chi connectivity index (χ4v) is 4.12. The molecule has 0 atom stereocenters. The Labute approximate surface area is 252 Å². The molecule has 0 saturated heterocycles. The molecular weight excluding hydrogens is 552 g/mol. The molecule has 0 aliphatic heterocycles. The lowest BCUT2D eigenvalue weighted by atomic mass is 9.98. The first-order valence-electron chi connectivity index (χ1n) is 13.4. The molecule has 0 fully saturated rings. The lowest BCUT2D eigenvalue weighted by Gasteiger charge is -2.19. The number of rotatable bonds is 11. The van der Waals surface area contributed by atoms with E-state index in [0.717, 1.165) is 21.7 Å². The Balaban J connectivity index is 1.85. The van der Waals surface area contributed by atoms with Gasteiger partial charge in [-0.3, -0.25) is 9.79 Å². The summed E-state index contributed by atoms with van der Waals surface area (Å²) in [5, 5.41) is 6.51. The predicted molar refractivity (Wildman–Crippen MR) is 172 cm³/mol. The number of aromatic nitrogens is 1. The number of allylic oxidation sites excluding steroid dienone is 2. The van der Waals surface area contributed by atoms with Crippen molar-refractivity contribution in [2.45, 2.75) is 66.0 Å². The van der Waals surface area contributed by atoms with E-state index in [1.165, 1.54) is 36.3 Å². The third kappa shape index (κ3) is 12.0. The molecule has 0 saturated carbocycles. The standard InChI is InChI=1S/C30H42N8O3S/c1-20-14-21(8-9-22(20)16-36-26(39)25-18-37-27(42-25)29(2,3)4)24(32)10-11-34-19-38-23(15-31)17-33-12-13-35-28(40)41-30(5,6)7/h8-11,14-15,17-19H,12-13,16,31-32H2,1-7H3,(H,35,40)(H,36,39)/b23-15+,24-10-,33-17?,34-11?,38-19?. The highest BCUT2D eigenvalue weighted by molar-refractivity contribution is 7.13. The van der Waals surface area contributed by atoms with Gasteiger partial charge in [0.25, 0.3) is 5.91 Å². The van der Waals surface area contributed by atoms with Crippen molar-refractivity contribution in [3.05, 3.63) is 68.9 Å². The largest absolute Gasteiger partial charge is 0.444 e. The highest BCUT2D eigenvalue weighted by atomic mass is 32.1. The van der Waals surface area contributed by atoms with E-state index >= 15 is 0 Å². The Morgan fingerprint density at radius 3 is 2.50 bits per heavy atom. The third-order valence-electron chi connectivity index (χ3n) is 5.40. The van der Waals surface area contributed by atoms with Gasteiger partial charge in [0.15, 0.2) is 0 Å². The lowest BCUT2D eigenvalue weighted by Crippen LogP contribution is -2.33. The summed E-state index contributed by atoms with van der Waals surface area (Å²) < 4.78 is 5.16. The minimum Gasteiger partial charge on any atom is -0.444 e. The number of hydrogen-bond acceptors (Lipinski definition) is 9. The van der Waals surface area contributed by atoms with Gasteiger partial charge in [-0.15, -0.1) is 11.3 Å². The first-order valence-corrected chi connectivity index (χ1v) is 14.3. The van der Waals surface area contributed by atoms with E-state index < -0.39 is 11.7 Å². The van der Waals surface area contributed by atoms with Crippen LogP contribution in [0.4, 0.5) is 4.79 Å². The fraction of sp³-hybridized carbons (Fsp3) is 0.400. The Morgan fingerprint density at radius 2 is 1.88 bits per heavy atom. The van der Waals surface area contributed by atoms with E-state index in [4.69, 9.17) is 16.2 Å². The summed E-state index contributed by atoms with van der Waals surface area (Å²) in [4.78, 5) is 41.6. The number of amides is 2. The molecule has 12 heteroatoms. The maximum Gasteiger partial charge on any atom is 0.407 e. The number of aryl methyl sites for hydroxylation is 1. The number of ether oxygens (including phenoxy) is 1. The van der Waals surface area contributed by atoms with Crippen LogP contribution in [0.1, 0.15) is 72.9 Å². The molecule has 0 bridgehead atoms. The van der Waals surface area contributed by atoms with Crippen molar-refractivity contribution < 1.29 is 14.3 Å². The monoisotopic (exact) mass is 594 g/mol. The molecule has 2 amide bonds. The number of nitrogens with two attached hydrogens (primary N) is 2. The summed E-state index contributed by atoms with van der Waals surface area (Å²) in [5.74, 6) is -0.141. The molecule has 0 aliphatic carbocycles. The Kier molecular flexibility index (Phi) is 12.6. The zero-order chi connectivity index (χ0) is 31.3. The van der Waals surface area contributed by atoms with Crippen LogP contribution in [-0.2, 0) is 16.7 Å². The van der Waals surface area contributed by atoms with Crippen LogP contribution in [-0.4, -0.2) is 54.4 Å². The SMILES string of the molecule is Cc1cc(/C(N)=C/C=NC=N/C(C=NCCNC(=O)OC(C)(C)C)=C/N)ccc1CNC(=O)c1cnc(C(C)(C)C)s1. The predicted octanol–water partition coefficient (Wildman–Crippen LogP) is 4.47. The number of alkyl carbamates (subject to hydrolysis) is 1. The molecular formula is C30H42N8O3S. The highest BCUT2D eigenvalue weighted by Crippen LogP contribution is 2.26. The summed E-state index contributed by atoms with van der Waals surface area (Å²) in [6.45, 7) is 14.6. The van der Waals surface area contributed by atoms with Gasteiger partial charge < -0.3 is 26.8 Å². The van der Waals surface area contributed by atoms with E-state index in [0.29, 0.717) is 35.9 Å². The number of thiazole rings is 1. The first-order chi connectivity index (χ1) is 19.7. The molecule has 0 spiro atoms. The van der Waals surface area contributed by atoms with Crippen LogP contribution in [0.5, 0.6) is 0 Å². The molecule has 226 valence electrons. The zero-order valence-corrected chi connectivity index (χ0v) is 26.2. The molecule has 11 nitrogen and oxygen atoms in total. The van der Waals surface area contributed by atoms with Gasteiger partial charge >= 0.3 is 6.09 Å². The maximum absolute atomic E-state index is 12.6. The smallest absolute Gasteiger partial charge is 0.407 e. The van der Waals surface area contributed by atoms with Gasteiger partial charge in [-0.05, 0) is 56.5 Å². The van der Waals surface area contributed by atoms with E-state index in [2.05, 4.69) is 51.4 Å². The number of aliphatic imine (C=N–C) groups is 3. The number of hydrogen-bond donors (Lipinski definition) is 4. The lowest BCUT2D eigenvalue weighted by molar-refractivity contribution is 0.0529. The van der Waals surface area contributed by atoms with Gasteiger partial charge in [0.05, 0.1) is 23.4 Å². The van der Waals surface area contributed by atoms with E-state index in [1.807, 2.05) is 25.1 Å². The van der Waals surface area contributed by atoms with E-state index in [-0.39, 0.29) is 11.3 Å². The van der Waals surface area contributed by atoms with Gasteiger partial charge in [0.2, 0.25) is 0 Å². The molecule has 2 rings (SSSR count). The van der Waals surface area contributed by atoms with Crippen molar-refractivity contribution in [3.8, 4) is 0 Å². The van der Waals surface area contributed by atoms with E-state index in [1.54, 1.807) is 33.0 Å². The molecule has 1 heterocycles. The van der Waals surface area contributed by atoms with E-state index in [9.17, 15) is 9.59 Å². The maximum atomic E-state index is 12.6. The second kappa shape index (κ2) is 15.6. The first kappa shape index (κ1) is 33.9. The minimum atomic E-state index is -0.554. The molecule has 1 aromatic carbocycles. The van der Waals surface area contributed by atoms with Crippen LogP contribution in [0.25, 0.3) is 5.70 Å². The molecule has 42 heavy (non-hydrogen) atoms. The van der Waals surface area contributed by atoms with Crippen molar-refractivity contribution in [1.29, 1.82) is 0 Å². The Hall–Kier alpha value is -4.32. The van der Waals surface area contributed by atoms with Gasteiger partial charge in [-0.2, -0.15) is 0 Å². The zero-order valence-electron chi connectivity index (χ0n) is 25.4. The van der Waals surface area contributed by atoms with Crippen molar-refractivity contribution >= 4 is 47.8 Å². The van der Waals surface area contributed by atoms with Crippen molar-refractivity contribution in [3.63, 3.8) is 0 Å². The summed E-state index contributed by atoms with van der Waals surface area (Å²) in [6.07, 6.45) is 8.45. The molecule has 2 aromatic rings. The number of carbonyl (C=O) groups excluding carboxylic acids is 2. The molecule has 6 N–H and O–H groups in total. The Morgan fingerprint density at radius 1 is 1.14 bits per heavy atom. The van der Waals surface area contributed by atoms with Gasteiger partial charge in [0.1, 0.15) is 16.8 Å². The van der Waals surface area contributed by atoms with Crippen LogP contribution in [0.2, 0.25) is 0 Å². The number of benzene rings is 1. The topological polar surface area (TPSA) is 169 Å². The second-order valence-electron chi connectivity index (χ2n) is 11.3. The summed E-state index contributed by atoms with van der Waals surface area (Å²) >= 11 is 1.41. The molecule has 1 aromatic heterocycles. The number of nitrogens with one attached hydrogen (secondary N) is 2. The molecule has 0 unspecified atom stereocenters. The average molecular weight is 595 g/mol. The highest BCUT2D eigenvalue weighted by Gasteiger charge is 2.20. The number of nitrogens with zero attached hydrogens (tertiary/aromatic N) is 4. The average Bonchev–Trinajstić information content (AvgIpc) is 3.41. The van der Waals surface area contributed by atoms with Gasteiger partial charge in [-0.25, -0.2) is 19.8 Å². The minimum absolute atomic E-state index is 0.0929. The van der Waals surface area contributed by atoms with Crippen LogP contribution >= 0.6 is 11.3 Å². The Bertz CT molecular complexity index is 1380. The molecule has 0 aliphatic rings. The molecule has 0 radical (unpaired) electrons. The third-order valence-corrected chi connectivity index (χ3v) is 6.83. The summed E-state index contributed by atoms with van der Waals surface area (Å²) in [7, 11) is 0. The van der Waals surface area contributed by atoms with Crippen LogP contribution in [0.15, 0.2) is 57.3 Å².